The van der Waals surface area contributed by atoms with Crippen LogP contribution in [0.15, 0.2) is 72.9 Å². The van der Waals surface area contributed by atoms with Crippen LogP contribution in [0.25, 0.3) is 11.1 Å². The lowest BCUT2D eigenvalue weighted by Crippen LogP contribution is -2.73. The largest absolute Gasteiger partial charge is 0.394 e. The molecular formula is C27H27N3O3. The van der Waals surface area contributed by atoms with Crippen LogP contribution in [0.1, 0.15) is 22.7 Å². The van der Waals surface area contributed by atoms with Gasteiger partial charge in [-0.15, -0.1) is 0 Å². The van der Waals surface area contributed by atoms with Gasteiger partial charge in [-0.1, -0.05) is 54.6 Å². The zero-order valence-electron chi connectivity index (χ0n) is 18.6. The molecule has 0 aliphatic carbocycles. The lowest BCUT2D eigenvalue weighted by Gasteiger charge is -2.58. The van der Waals surface area contributed by atoms with E-state index in [1.165, 1.54) is 11.1 Å². The highest BCUT2D eigenvalue weighted by Gasteiger charge is 2.54. The Bertz CT molecular complexity index is 1160. The van der Waals surface area contributed by atoms with Crippen LogP contribution in [0.2, 0.25) is 0 Å². The monoisotopic (exact) mass is 441 g/mol. The van der Waals surface area contributed by atoms with E-state index in [2.05, 4.69) is 48.3 Å². The number of aromatic nitrogens is 1. The maximum Gasteiger partial charge on any atom is 0.242 e. The van der Waals surface area contributed by atoms with Crippen LogP contribution in [0.5, 0.6) is 0 Å². The predicted molar refractivity (Wildman–Crippen MR) is 125 cm³/mol. The molecule has 0 saturated carbocycles. The highest BCUT2D eigenvalue weighted by Crippen LogP contribution is 2.43. The van der Waals surface area contributed by atoms with Gasteiger partial charge in [0.25, 0.3) is 0 Å². The number of fused-ring (bicyclic) bond motifs is 1. The number of aliphatic hydroxyl groups is 1. The molecule has 2 aliphatic rings. The first kappa shape index (κ1) is 21.3. The minimum Gasteiger partial charge on any atom is -0.394 e. The number of aliphatic hydroxyl groups excluding tert-OH is 1. The number of nitrogens with zero attached hydrogens (tertiary/aromatic N) is 3. The van der Waals surface area contributed by atoms with Crippen molar-refractivity contribution in [2.45, 2.75) is 31.3 Å². The standard InChI is InChI=1S/C27H27N3O3/c1-18-6-2-3-8-22(18)19-9-11-20(12-10-19)27-23-15-29(16-26(33)30(23)24(27)17-31)25(32)14-21-7-4-5-13-28-21/h2-13,23-24,27,31H,14-17H2,1H3/t23-,24+,27+/m1/s1. The molecule has 0 unspecified atom stereocenters. The van der Waals surface area contributed by atoms with E-state index in [4.69, 9.17) is 0 Å². The van der Waals surface area contributed by atoms with Gasteiger partial charge >= 0.3 is 0 Å². The van der Waals surface area contributed by atoms with Gasteiger partial charge in [0, 0.05) is 24.4 Å². The molecule has 0 radical (unpaired) electrons. The Morgan fingerprint density at radius 2 is 1.82 bits per heavy atom. The Balaban J connectivity index is 1.35. The average molecular weight is 442 g/mol. The zero-order valence-corrected chi connectivity index (χ0v) is 18.6. The topological polar surface area (TPSA) is 73.7 Å². The fourth-order valence-corrected chi connectivity index (χ4v) is 5.24. The molecule has 2 fully saturated rings. The molecule has 3 heterocycles. The highest BCUT2D eigenvalue weighted by molar-refractivity contribution is 5.88. The van der Waals surface area contributed by atoms with Crippen molar-refractivity contribution in [2.24, 2.45) is 0 Å². The molecule has 5 rings (SSSR count). The quantitative estimate of drug-likeness (QED) is 0.661. The molecule has 0 spiro atoms. The number of pyridine rings is 1. The van der Waals surface area contributed by atoms with Gasteiger partial charge in [-0.2, -0.15) is 0 Å². The number of hydrogen-bond acceptors (Lipinski definition) is 4. The summed E-state index contributed by atoms with van der Waals surface area (Å²) in [4.78, 5) is 33.4. The molecule has 33 heavy (non-hydrogen) atoms. The minimum absolute atomic E-state index is 0.00433. The van der Waals surface area contributed by atoms with Crippen LogP contribution >= 0.6 is 0 Å². The first-order valence-corrected chi connectivity index (χ1v) is 11.3. The number of carbonyl (C=O) groups excluding carboxylic acids is 2. The van der Waals surface area contributed by atoms with Gasteiger partial charge in [-0.3, -0.25) is 14.6 Å². The Hall–Kier alpha value is -3.51. The lowest BCUT2D eigenvalue weighted by molar-refractivity contribution is -0.166. The highest BCUT2D eigenvalue weighted by atomic mass is 16.3. The van der Waals surface area contributed by atoms with E-state index in [1.807, 2.05) is 30.3 Å². The van der Waals surface area contributed by atoms with Crippen LogP contribution in [0.3, 0.4) is 0 Å². The van der Waals surface area contributed by atoms with Gasteiger partial charge < -0.3 is 14.9 Å². The third-order valence-electron chi connectivity index (χ3n) is 6.92. The van der Waals surface area contributed by atoms with Crippen LogP contribution in [0.4, 0.5) is 0 Å². The molecule has 1 aromatic heterocycles. The molecule has 2 saturated heterocycles. The second-order valence-electron chi connectivity index (χ2n) is 8.85. The molecule has 0 bridgehead atoms. The Kier molecular flexibility index (Phi) is 5.68. The Morgan fingerprint density at radius 1 is 1.06 bits per heavy atom. The summed E-state index contributed by atoms with van der Waals surface area (Å²) in [5, 5.41) is 10.0. The van der Waals surface area contributed by atoms with Gasteiger partial charge in [0.1, 0.15) is 0 Å². The summed E-state index contributed by atoms with van der Waals surface area (Å²) in [6.45, 7) is 2.53. The van der Waals surface area contributed by atoms with Crippen LogP contribution < -0.4 is 0 Å². The number of piperazine rings is 1. The van der Waals surface area contributed by atoms with Gasteiger partial charge in [0.2, 0.25) is 11.8 Å². The molecule has 168 valence electrons. The summed E-state index contributed by atoms with van der Waals surface area (Å²) >= 11 is 0. The van der Waals surface area contributed by atoms with E-state index in [1.54, 1.807) is 16.0 Å². The van der Waals surface area contributed by atoms with Crippen molar-refractivity contribution in [1.82, 2.24) is 14.8 Å². The summed E-state index contributed by atoms with van der Waals surface area (Å²) in [6, 6.07) is 21.8. The lowest BCUT2D eigenvalue weighted by atomic mass is 9.73. The van der Waals surface area contributed by atoms with Crippen molar-refractivity contribution in [3.05, 3.63) is 89.7 Å². The third-order valence-corrected chi connectivity index (χ3v) is 6.92. The number of benzene rings is 2. The summed E-state index contributed by atoms with van der Waals surface area (Å²) in [7, 11) is 0. The van der Waals surface area contributed by atoms with E-state index < -0.39 is 0 Å². The molecule has 6 nitrogen and oxygen atoms in total. The van der Waals surface area contributed by atoms with Crippen molar-refractivity contribution in [1.29, 1.82) is 0 Å². The van der Waals surface area contributed by atoms with Crippen molar-refractivity contribution in [3.63, 3.8) is 0 Å². The second-order valence-corrected chi connectivity index (χ2v) is 8.85. The number of amides is 2. The Labute approximate surface area is 193 Å². The third kappa shape index (κ3) is 3.91. The maximum atomic E-state index is 12.9. The van der Waals surface area contributed by atoms with E-state index in [0.29, 0.717) is 12.2 Å². The summed E-state index contributed by atoms with van der Waals surface area (Å²) in [6.07, 6.45) is 1.85. The Morgan fingerprint density at radius 3 is 2.52 bits per heavy atom. The number of rotatable bonds is 5. The molecule has 3 atom stereocenters. The molecule has 1 N–H and O–H groups in total. The van der Waals surface area contributed by atoms with E-state index >= 15 is 0 Å². The molecular weight excluding hydrogens is 414 g/mol. The van der Waals surface area contributed by atoms with E-state index in [-0.39, 0.29) is 49.4 Å². The van der Waals surface area contributed by atoms with Gasteiger partial charge in [-0.25, -0.2) is 0 Å². The van der Waals surface area contributed by atoms with Gasteiger partial charge in [0.15, 0.2) is 0 Å². The van der Waals surface area contributed by atoms with Crippen molar-refractivity contribution in [3.8, 4) is 11.1 Å². The minimum atomic E-state index is -0.250. The van der Waals surface area contributed by atoms with Crippen molar-refractivity contribution in [2.75, 3.05) is 19.7 Å². The zero-order chi connectivity index (χ0) is 22.9. The van der Waals surface area contributed by atoms with E-state index in [9.17, 15) is 14.7 Å². The SMILES string of the molecule is Cc1ccccc1-c1ccc([C@H]2[C@H]3CN(C(=O)Cc4ccccn4)CC(=O)N3[C@H]2CO)cc1. The fraction of sp³-hybridized carbons (Fsp3) is 0.296. The summed E-state index contributed by atoms with van der Waals surface area (Å²) in [5.74, 6) is -0.203. The predicted octanol–water partition coefficient (Wildman–Crippen LogP) is 2.80. The van der Waals surface area contributed by atoms with Gasteiger partial charge in [0.05, 0.1) is 31.7 Å². The molecule has 3 aromatic rings. The molecule has 2 amide bonds. The smallest absolute Gasteiger partial charge is 0.242 e. The molecule has 6 heteroatoms. The molecule has 2 aromatic carbocycles. The van der Waals surface area contributed by atoms with Crippen LogP contribution in [0, 0.1) is 6.92 Å². The van der Waals surface area contributed by atoms with E-state index in [0.717, 1.165) is 11.1 Å². The summed E-state index contributed by atoms with van der Waals surface area (Å²) < 4.78 is 0. The normalized spacial score (nSPS) is 22.0. The average Bonchev–Trinajstić information content (AvgIpc) is 2.82. The molecule has 2 aliphatic heterocycles. The van der Waals surface area contributed by atoms with Gasteiger partial charge in [-0.05, 0) is 41.3 Å². The first-order valence-electron chi connectivity index (χ1n) is 11.3. The number of carbonyl (C=O) groups is 2. The van der Waals surface area contributed by atoms with Crippen molar-refractivity contribution < 1.29 is 14.7 Å². The van der Waals surface area contributed by atoms with Crippen molar-refractivity contribution >= 4 is 11.8 Å². The fourth-order valence-electron chi connectivity index (χ4n) is 5.24. The van der Waals surface area contributed by atoms with Crippen LogP contribution in [-0.2, 0) is 16.0 Å². The van der Waals surface area contributed by atoms with Crippen LogP contribution in [-0.4, -0.2) is 63.5 Å². The number of hydrogen-bond donors (Lipinski definition) is 1. The summed E-state index contributed by atoms with van der Waals surface area (Å²) in [5.41, 5.74) is 5.33. The number of aryl methyl sites for hydroxylation is 1. The first-order chi connectivity index (χ1) is 16.1. The maximum absolute atomic E-state index is 12.9. The second kappa shape index (κ2) is 8.79.